The van der Waals surface area contributed by atoms with Gasteiger partial charge in [-0.2, -0.15) is 22.8 Å². The highest BCUT2D eigenvalue weighted by Gasteiger charge is 2.39. The second kappa shape index (κ2) is 7.38. The summed E-state index contributed by atoms with van der Waals surface area (Å²) in [5, 5.41) is 13.1. The molecule has 0 unspecified atom stereocenters. The maximum absolute atomic E-state index is 13.8. The van der Waals surface area contributed by atoms with Crippen molar-refractivity contribution in [3.8, 4) is 22.6 Å². The lowest BCUT2D eigenvalue weighted by molar-refractivity contribution is -0.140. The largest absolute Gasteiger partial charge is 0.440 e. The van der Waals surface area contributed by atoms with E-state index in [0.717, 1.165) is 0 Å². The van der Waals surface area contributed by atoms with E-state index in [1.807, 2.05) is 13.8 Å². The first-order chi connectivity index (χ1) is 14.6. The number of nitrogens with zero attached hydrogens (tertiary/aromatic N) is 3. The summed E-state index contributed by atoms with van der Waals surface area (Å²) in [6, 6.07) is 7.93. The molecule has 0 bridgehead atoms. The smallest absolute Gasteiger partial charge is 0.435 e. The average Bonchev–Trinajstić information content (AvgIpc) is 3.30. The van der Waals surface area contributed by atoms with Crippen LogP contribution >= 0.6 is 0 Å². The molecule has 0 spiro atoms. The van der Waals surface area contributed by atoms with Crippen LogP contribution in [-0.4, -0.2) is 24.7 Å². The third-order valence-corrected chi connectivity index (χ3v) is 4.92. The minimum absolute atomic E-state index is 0.0510. The average molecular weight is 432 g/mol. The van der Waals surface area contributed by atoms with Crippen molar-refractivity contribution in [2.24, 2.45) is 0 Å². The molecule has 0 amide bonds. The van der Waals surface area contributed by atoms with E-state index >= 15 is 0 Å². The van der Waals surface area contributed by atoms with E-state index in [2.05, 4.69) is 15.1 Å². The van der Waals surface area contributed by atoms with Crippen molar-refractivity contribution in [1.29, 1.82) is 0 Å². The van der Waals surface area contributed by atoms with Crippen LogP contribution in [0.3, 0.4) is 0 Å². The Bertz CT molecular complexity index is 1320. The van der Waals surface area contributed by atoms with E-state index in [4.69, 9.17) is 4.42 Å². The van der Waals surface area contributed by atoms with E-state index in [1.54, 1.807) is 25.1 Å². The summed E-state index contributed by atoms with van der Waals surface area (Å²) in [5.74, 6) is 0.203. The van der Waals surface area contributed by atoms with Crippen molar-refractivity contribution < 1.29 is 22.7 Å². The molecule has 4 rings (SSSR count). The fraction of sp³-hybridized carbons (Fsp3) is 0.286. The topological polar surface area (TPSA) is 96.4 Å². The molecule has 0 saturated heterocycles. The van der Waals surface area contributed by atoms with E-state index in [0.29, 0.717) is 10.3 Å². The highest BCUT2D eigenvalue weighted by Crippen LogP contribution is 2.38. The van der Waals surface area contributed by atoms with Crippen molar-refractivity contribution in [2.75, 3.05) is 0 Å². The number of rotatable bonds is 4. The van der Waals surface area contributed by atoms with Gasteiger partial charge in [0.25, 0.3) is 5.56 Å². The molecule has 3 aromatic heterocycles. The summed E-state index contributed by atoms with van der Waals surface area (Å²) in [4.78, 5) is 20.3. The normalized spacial score (nSPS) is 12.3. The summed E-state index contributed by atoms with van der Waals surface area (Å²) in [6.07, 6.45) is -4.77. The van der Waals surface area contributed by atoms with Crippen LogP contribution in [0.1, 0.15) is 42.6 Å². The van der Waals surface area contributed by atoms with Crippen molar-refractivity contribution >= 4 is 5.65 Å². The van der Waals surface area contributed by atoms with Gasteiger partial charge in [-0.25, -0.2) is 4.98 Å². The molecular formula is C21H19F3N4O3. The van der Waals surface area contributed by atoms with E-state index < -0.39 is 24.0 Å². The van der Waals surface area contributed by atoms with Crippen LogP contribution in [0.2, 0.25) is 0 Å². The molecule has 3 heterocycles. The van der Waals surface area contributed by atoms with Crippen LogP contribution in [0, 0.1) is 6.92 Å². The van der Waals surface area contributed by atoms with Gasteiger partial charge in [-0.3, -0.25) is 4.79 Å². The molecule has 0 radical (unpaired) electrons. The van der Waals surface area contributed by atoms with E-state index in [-0.39, 0.29) is 45.5 Å². The number of aliphatic hydroxyl groups excluding tert-OH is 1. The molecule has 10 heteroatoms. The number of fused-ring (bicyclic) bond motifs is 1. The van der Waals surface area contributed by atoms with Crippen LogP contribution in [0.15, 0.2) is 39.5 Å². The van der Waals surface area contributed by atoms with Crippen LogP contribution in [0.5, 0.6) is 0 Å². The summed E-state index contributed by atoms with van der Waals surface area (Å²) < 4.78 is 47.7. The number of hydrogen-bond donors (Lipinski definition) is 2. The lowest BCUT2D eigenvalue weighted by Crippen LogP contribution is -2.20. The number of H-pyrrole nitrogens is 1. The third-order valence-electron chi connectivity index (χ3n) is 4.92. The van der Waals surface area contributed by atoms with Gasteiger partial charge < -0.3 is 14.5 Å². The summed E-state index contributed by atoms with van der Waals surface area (Å²) in [7, 11) is 0. The van der Waals surface area contributed by atoms with Crippen LogP contribution in [0.25, 0.3) is 28.2 Å². The number of benzene rings is 1. The van der Waals surface area contributed by atoms with Gasteiger partial charge in [0.1, 0.15) is 22.7 Å². The standard InChI is InChI=1S/C21H19F3N4O3/c1-10(2)16-13(9-29)26-19(31-16)14-11(3)25-18-15(12-7-5-4-6-8-12)17(21(22,23)24)27-28(18)20(14)30/h4-8,10,25,29H,9H2,1-3H3. The molecule has 2 N–H and O–H groups in total. The van der Waals surface area contributed by atoms with Gasteiger partial charge in [0, 0.05) is 11.6 Å². The minimum atomic E-state index is -4.77. The molecule has 0 aliphatic rings. The number of hydrogen-bond acceptors (Lipinski definition) is 5. The molecule has 162 valence electrons. The Kier molecular flexibility index (Phi) is 4.97. The van der Waals surface area contributed by atoms with Gasteiger partial charge in [-0.15, -0.1) is 0 Å². The lowest BCUT2D eigenvalue weighted by atomic mass is 10.1. The Hall–Kier alpha value is -3.40. The van der Waals surface area contributed by atoms with Crippen LogP contribution in [-0.2, 0) is 12.8 Å². The molecule has 7 nitrogen and oxygen atoms in total. The molecule has 0 atom stereocenters. The zero-order valence-electron chi connectivity index (χ0n) is 16.9. The molecule has 1 aromatic carbocycles. The molecule has 0 saturated carbocycles. The third kappa shape index (κ3) is 3.42. The molecular weight excluding hydrogens is 413 g/mol. The van der Waals surface area contributed by atoms with Gasteiger partial charge >= 0.3 is 6.18 Å². The highest BCUT2D eigenvalue weighted by molar-refractivity contribution is 5.81. The first-order valence-electron chi connectivity index (χ1n) is 9.52. The number of oxazole rings is 1. The molecule has 31 heavy (non-hydrogen) atoms. The zero-order valence-corrected chi connectivity index (χ0v) is 16.9. The van der Waals surface area contributed by atoms with Gasteiger partial charge in [-0.05, 0) is 12.5 Å². The number of aryl methyl sites for hydroxylation is 1. The van der Waals surface area contributed by atoms with Crippen molar-refractivity contribution in [1.82, 2.24) is 19.6 Å². The zero-order chi connectivity index (χ0) is 22.5. The summed E-state index contributed by atoms with van der Waals surface area (Å²) in [6.45, 7) is 4.82. The monoisotopic (exact) mass is 432 g/mol. The lowest BCUT2D eigenvalue weighted by Gasteiger charge is -2.07. The molecule has 0 aliphatic carbocycles. The van der Waals surface area contributed by atoms with Gasteiger partial charge in [-0.1, -0.05) is 44.2 Å². The first-order valence-corrected chi connectivity index (χ1v) is 9.52. The van der Waals surface area contributed by atoms with E-state index in [1.165, 1.54) is 12.1 Å². The predicted octanol–water partition coefficient (Wildman–Crippen LogP) is 4.29. The molecule has 0 fully saturated rings. The number of aromatic nitrogens is 4. The van der Waals surface area contributed by atoms with E-state index in [9.17, 15) is 23.1 Å². The fourth-order valence-electron chi connectivity index (χ4n) is 3.55. The van der Waals surface area contributed by atoms with Crippen molar-refractivity contribution in [3.05, 3.63) is 63.5 Å². The maximum atomic E-state index is 13.8. The van der Waals surface area contributed by atoms with Crippen molar-refractivity contribution in [2.45, 2.75) is 39.5 Å². The maximum Gasteiger partial charge on any atom is 0.435 e. The second-order valence-corrected chi connectivity index (χ2v) is 7.42. The Morgan fingerprint density at radius 2 is 1.87 bits per heavy atom. The van der Waals surface area contributed by atoms with Gasteiger partial charge in [0.15, 0.2) is 5.69 Å². The van der Waals surface area contributed by atoms with Crippen LogP contribution < -0.4 is 5.56 Å². The fourth-order valence-corrected chi connectivity index (χ4v) is 3.55. The minimum Gasteiger partial charge on any atom is -0.440 e. The number of alkyl halides is 3. The van der Waals surface area contributed by atoms with Gasteiger partial charge in [0.2, 0.25) is 5.89 Å². The first kappa shape index (κ1) is 20.9. The predicted molar refractivity (Wildman–Crippen MR) is 106 cm³/mol. The SMILES string of the molecule is Cc1[nH]c2c(-c3ccccc3)c(C(F)(F)F)nn2c(=O)c1-c1nc(CO)c(C(C)C)o1. The quantitative estimate of drug-likeness (QED) is 0.502. The number of nitrogens with one attached hydrogen (secondary N) is 1. The Balaban J connectivity index is 2.04. The number of aromatic amines is 1. The van der Waals surface area contributed by atoms with Gasteiger partial charge in [0.05, 0.1) is 12.2 Å². The highest BCUT2D eigenvalue weighted by atomic mass is 19.4. The Morgan fingerprint density at radius 3 is 2.42 bits per heavy atom. The summed E-state index contributed by atoms with van der Waals surface area (Å²) in [5.41, 5.74) is -1.52. The van der Waals surface area contributed by atoms with Crippen molar-refractivity contribution in [3.63, 3.8) is 0 Å². The summed E-state index contributed by atoms with van der Waals surface area (Å²) >= 11 is 0. The van der Waals surface area contributed by atoms with Crippen LogP contribution in [0.4, 0.5) is 13.2 Å². The molecule has 4 aromatic rings. The number of aliphatic hydroxyl groups is 1. The number of halogens is 3. The molecule has 0 aliphatic heterocycles. The second-order valence-electron chi connectivity index (χ2n) is 7.42. The Morgan fingerprint density at radius 1 is 1.19 bits per heavy atom. The Labute approximate surface area is 174 Å².